The van der Waals surface area contributed by atoms with Crippen LogP contribution >= 0.6 is 11.6 Å². The molecule has 1 aliphatic carbocycles. The van der Waals surface area contributed by atoms with Crippen LogP contribution < -0.4 is 43.1 Å². The molecule has 0 radical (unpaired) electrons. The van der Waals surface area contributed by atoms with Crippen molar-refractivity contribution in [2.45, 2.75) is 73.1 Å². The van der Waals surface area contributed by atoms with Gasteiger partial charge in [0.05, 0.1) is 86.3 Å². The molecule has 9 heterocycles. The molecular formula is C80H81ClN16O8S. The second kappa shape index (κ2) is 29.3. The number of aromatic amines is 2. The molecule has 0 saturated heterocycles. The monoisotopic (exact) mass is 1460 g/mol. The molecule has 17 rings (SSSR count). The smallest absolute Gasteiger partial charge is 0.229 e. The molecule has 4 N–H and O–H groups in total. The van der Waals surface area contributed by atoms with Gasteiger partial charge in [-0.2, -0.15) is 0 Å². The Bertz CT molecular complexity index is 5640. The summed E-state index contributed by atoms with van der Waals surface area (Å²) in [5.41, 5.74) is 17.6. The third kappa shape index (κ3) is 15.1. The third-order valence-electron chi connectivity index (χ3n) is 19.4. The van der Waals surface area contributed by atoms with E-state index in [1.807, 2.05) is 82.5 Å². The molecule has 4 aliphatic rings. The summed E-state index contributed by atoms with van der Waals surface area (Å²) >= 11 is 6.16. The van der Waals surface area contributed by atoms with Crippen molar-refractivity contribution in [3.8, 4) is 67.9 Å². The predicted octanol–water partition coefficient (Wildman–Crippen LogP) is 14.0. The zero-order valence-electron chi connectivity index (χ0n) is 60.5. The van der Waals surface area contributed by atoms with Crippen LogP contribution in [0.15, 0.2) is 146 Å². The van der Waals surface area contributed by atoms with Crippen molar-refractivity contribution in [1.82, 2.24) is 59.7 Å². The van der Waals surface area contributed by atoms with Gasteiger partial charge in [0.2, 0.25) is 10.0 Å². The van der Waals surface area contributed by atoms with Crippen molar-refractivity contribution in [2.24, 2.45) is 5.41 Å². The Hall–Kier alpha value is -11.4. The number of methoxy groups -OCH3 is 2. The lowest BCUT2D eigenvalue weighted by atomic mass is 9.76. The van der Waals surface area contributed by atoms with Crippen LogP contribution in [0, 0.1) is 19.3 Å². The van der Waals surface area contributed by atoms with Crippen molar-refractivity contribution >= 4 is 88.6 Å². The minimum Gasteiger partial charge on any atom is -0.504 e. The Morgan fingerprint density at radius 2 is 1.23 bits per heavy atom. The van der Waals surface area contributed by atoms with Gasteiger partial charge in [-0.3, -0.25) is 4.72 Å². The molecule has 542 valence electrons. The molecule has 0 fully saturated rings. The summed E-state index contributed by atoms with van der Waals surface area (Å²) in [5, 5.41) is 12.1. The maximum Gasteiger partial charge on any atom is 0.229 e. The number of sulfonamides is 1. The summed E-state index contributed by atoms with van der Waals surface area (Å²) in [6, 6.07) is 42.3. The van der Waals surface area contributed by atoms with E-state index in [1.54, 1.807) is 31.8 Å². The maximum atomic E-state index is 11.8. The van der Waals surface area contributed by atoms with E-state index < -0.39 is 10.0 Å². The van der Waals surface area contributed by atoms with E-state index in [0.717, 1.165) is 184 Å². The summed E-state index contributed by atoms with van der Waals surface area (Å²) in [6.45, 7) is 14.9. The number of halogens is 1. The number of imidazole rings is 2. The van der Waals surface area contributed by atoms with Crippen molar-refractivity contribution in [3.05, 3.63) is 197 Å². The highest BCUT2D eigenvalue weighted by Crippen LogP contribution is 2.43. The molecule has 3 aliphatic heterocycles. The number of phenolic OH excluding ortho intramolecular Hbond substituents is 1. The van der Waals surface area contributed by atoms with Crippen molar-refractivity contribution in [3.63, 3.8) is 0 Å². The predicted molar refractivity (Wildman–Crippen MR) is 414 cm³/mol. The van der Waals surface area contributed by atoms with Gasteiger partial charge in [-0.15, -0.1) is 0 Å². The minimum atomic E-state index is -3.50. The Kier molecular flexibility index (Phi) is 19.4. The highest BCUT2D eigenvalue weighted by atomic mass is 35.5. The quantitative estimate of drug-likeness (QED) is 0.0828. The number of hydrogen-bond acceptors (Lipinski definition) is 21. The van der Waals surface area contributed by atoms with E-state index in [-0.39, 0.29) is 22.0 Å². The number of rotatable bonds is 12. The molecule has 0 bridgehead atoms. The van der Waals surface area contributed by atoms with Crippen LogP contribution in [-0.4, -0.2) is 147 Å². The maximum absolute atomic E-state index is 11.8. The first-order valence-corrected chi connectivity index (χ1v) is 37.3. The second-order valence-electron chi connectivity index (χ2n) is 28.1. The number of pyridine rings is 1. The van der Waals surface area contributed by atoms with Crippen LogP contribution in [0.3, 0.4) is 0 Å². The first kappa shape index (κ1) is 70.3. The fraction of sp³-hybridized carbons (Fsp3) is 0.287. The fourth-order valence-electron chi connectivity index (χ4n) is 14.3. The summed E-state index contributed by atoms with van der Waals surface area (Å²) in [4.78, 5) is 56.8. The van der Waals surface area contributed by atoms with Gasteiger partial charge < -0.3 is 58.4 Å². The number of hydrogen-bond donors (Lipinski definition) is 4. The Morgan fingerprint density at radius 3 is 1.87 bits per heavy atom. The lowest BCUT2D eigenvalue weighted by Crippen LogP contribution is -2.32. The summed E-state index contributed by atoms with van der Waals surface area (Å²) in [7, 11) is 3.76. The largest absolute Gasteiger partial charge is 0.504 e. The lowest BCUT2D eigenvalue weighted by molar-refractivity contribution is 0.308. The number of anilines is 4. The molecule has 0 amide bonds. The van der Waals surface area contributed by atoms with Gasteiger partial charge in [0, 0.05) is 76.2 Å². The summed E-state index contributed by atoms with van der Waals surface area (Å²) in [5.74, 6) is 8.98. The zero-order chi connectivity index (χ0) is 73.5. The Balaban J connectivity index is 0.000000128. The first-order chi connectivity index (χ1) is 51.1. The van der Waals surface area contributed by atoms with Gasteiger partial charge >= 0.3 is 0 Å². The molecule has 0 unspecified atom stereocenters. The van der Waals surface area contributed by atoms with Crippen LogP contribution in [0.2, 0.25) is 5.15 Å². The summed E-state index contributed by atoms with van der Waals surface area (Å²) < 4.78 is 55.1. The normalized spacial score (nSPS) is 14.7. The van der Waals surface area contributed by atoms with E-state index in [0.29, 0.717) is 70.4 Å². The first-order valence-electron chi connectivity index (χ1n) is 35.1. The minimum absolute atomic E-state index is 0.0540. The van der Waals surface area contributed by atoms with E-state index in [4.69, 9.17) is 50.2 Å². The Morgan fingerprint density at radius 1 is 0.623 bits per heavy atom. The van der Waals surface area contributed by atoms with Gasteiger partial charge in [0.1, 0.15) is 89.6 Å². The van der Waals surface area contributed by atoms with E-state index in [1.165, 1.54) is 19.0 Å². The average Bonchev–Trinajstić information content (AvgIpc) is 0.989. The van der Waals surface area contributed by atoms with Gasteiger partial charge in [-0.1, -0.05) is 55.8 Å². The standard InChI is InChI=1S/C28H35ClN6O3S.C26H23N5O3.C26H23N5O2/c1-28(2)9-8-22-21(14-28)27(32-25(31-22)17-34(3)4)35-10-11-38-24-7-6-18(12-20(24)16-35)19-13-23(26(29)30-15-19)33-39(5,36)37;1-15-29-20-6-3-17(12-21(20)30-15)16-4-8-23-18(11-16)13-31(9-10-34-23)26-19-5-7-22(32)25(33-2)24(19)27-14-28-26;1-16-29-23-13-20(32-2)5-6-21(23)26(30-16)31-9-10-33-25-8-4-17(11-19(25)14-31)18-3-7-22-24(12-18)28-15-27-22/h6-7,12-13,15,33H,8-11,14,16-17H2,1-5H3;3-8,11-12,14,32H,9-10,13H2,1-2H3,(H,29,30);3-8,11-13,15H,9-10,14H2,1-2H3,(H,27,28). The van der Waals surface area contributed by atoms with Crippen LogP contribution in [0.1, 0.15) is 65.7 Å². The zero-order valence-corrected chi connectivity index (χ0v) is 62.0. The number of nitrogens with zero attached hydrogens (tertiary/aromatic N) is 13. The average molecular weight is 1460 g/mol. The highest BCUT2D eigenvalue weighted by Gasteiger charge is 2.33. The number of H-pyrrole nitrogens is 2. The topological polar surface area (TPSA) is 273 Å². The Labute approximate surface area is 618 Å². The third-order valence-corrected chi connectivity index (χ3v) is 20.3. The van der Waals surface area contributed by atoms with Gasteiger partial charge in [-0.25, -0.2) is 53.3 Å². The molecule has 0 saturated carbocycles. The van der Waals surface area contributed by atoms with Crippen LogP contribution in [0.25, 0.3) is 77.3 Å². The van der Waals surface area contributed by atoms with Gasteiger partial charge in [0.25, 0.3) is 0 Å². The molecule has 106 heavy (non-hydrogen) atoms. The number of phenols is 1. The van der Waals surface area contributed by atoms with E-state index >= 15 is 0 Å². The number of fused-ring (bicyclic) bond motifs is 8. The number of aromatic nitrogens is 11. The van der Waals surface area contributed by atoms with Crippen molar-refractivity contribution < 1.29 is 37.2 Å². The lowest BCUT2D eigenvalue weighted by Gasteiger charge is -2.34. The number of aryl methyl sites for hydroxylation is 3. The summed E-state index contributed by atoms with van der Waals surface area (Å²) in [6.07, 6.45) is 8.96. The van der Waals surface area contributed by atoms with Crippen LogP contribution in [0.4, 0.5) is 23.1 Å². The number of benzene rings is 7. The van der Waals surface area contributed by atoms with E-state index in [9.17, 15) is 13.5 Å². The van der Waals surface area contributed by atoms with Gasteiger partial charge in [-0.05, 0) is 171 Å². The molecular weight excluding hydrogens is 1380 g/mol. The highest BCUT2D eigenvalue weighted by molar-refractivity contribution is 7.92. The molecule has 6 aromatic heterocycles. The number of nitrogens with one attached hydrogen (secondary N) is 3. The van der Waals surface area contributed by atoms with E-state index in [2.05, 4.69) is 139 Å². The second-order valence-corrected chi connectivity index (χ2v) is 30.2. The van der Waals surface area contributed by atoms with Crippen molar-refractivity contribution in [1.29, 1.82) is 0 Å². The molecule has 0 spiro atoms. The SMILES string of the molecule is CN(C)Cc1nc2c(c(N3CCOc4ccc(-c5cnc(Cl)c(NS(C)(=O)=O)c5)cc4C3)n1)CC(C)(C)CC2.COc1c(O)ccc2c(N3CCOc4ccc(-c5ccc6nc(C)[nH]c6c5)cc4C3)ncnc12.COc1ccc2c(N3CCOc4ccc(-c5ccc6nc[nH]c6c5)cc4C3)nc(C)nc2c1. The number of aromatic hydroxyl groups is 1. The molecule has 24 nitrogen and oxygen atoms in total. The van der Waals surface area contributed by atoms with Crippen LogP contribution in [-0.2, 0) is 49.0 Å². The van der Waals surface area contributed by atoms with Crippen LogP contribution in [0.5, 0.6) is 34.5 Å². The van der Waals surface area contributed by atoms with Crippen molar-refractivity contribution in [2.75, 3.05) is 93.4 Å². The molecule has 13 aromatic rings. The molecule has 26 heteroatoms. The molecule has 0 atom stereocenters. The molecule has 7 aromatic carbocycles. The number of ether oxygens (including phenoxy) is 5. The van der Waals surface area contributed by atoms with Gasteiger partial charge in [0.15, 0.2) is 16.7 Å². The fourth-order valence-corrected chi connectivity index (χ4v) is 15.0.